The number of aliphatic hydroxyl groups excluding tert-OH is 1. The Balaban J connectivity index is 2.20. The second-order valence-corrected chi connectivity index (χ2v) is 4.08. The molecule has 2 N–H and O–H groups in total. The molecule has 0 bridgehead atoms. The van der Waals surface area contributed by atoms with Gasteiger partial charge in [0.2, 0.25) is 5.91 Å². The number of pyridine rings is 1. The van der Waals surface area contributed by atoms with Crippen LogP contribution in [0.3, 0.4) is 0 Å². The van der Waals surface area contributed by atoms with Crippen molar-refractivity contribution in [2.24, 2.45) is 0 Å². The van der Waals surface area contributed by atoms with Gasteiger partial charge in [-0.15, -0.1) is 0 Å². The number of rotatable bonds is 5. The van der Waals surface area contributed by atoms with Crippen LogP contribution in [0.2, 0.25) is 0 Å². The van der Waals surface area contributed by atoms with Crippen molar-refractivity contribution in [3.63, 3.8) is 0 Å². The molecule has 2 aromatic heterocycles. The van der Waals surface area contributed by atoms with E-state index in [0.29, 0.717) is 19.5 Å². The summed E-state index contributed by atoms with van der Waals surface area (Å²) in [6, 6.07) is 3.77. The average Bonchev–Trinajstić information content (AvgIpc) is 2.75. The van der Waals surface area contributed by atoms with Gasteiger partial charge in [-0.2, -0.15) is 0 Å². The number of aromatic nitrogens is 2. The second-order valence-electron chi connectivity index (χ2n) is 4.08. The molecule has 0 aliphatic rings. The van der Waals surface area contributed by atoms with Crippen LogP contribution in [0.15, 0.2) is 24.5 Å². The van der Waals surface area contributed by atoms with Gasteiger partial charge in [0, 0.05) is 42.9 Å². The van der Waals surface area contributed by atoms with E-state index < -0.39 is 0 Å². The van der Waals surface area contributed by atoms with Crippen LogP contribution in [-0.2, 0) is 17.9 Å². The standard InChI is InChI=1S/C13H17N3O2/c1-2-14-12(18)5-7-16-8-10(9-17)11-4-3-6-15-13(11)16/h3-4,6,8,17H,2,5,7,9H2,1H3,(H,14,18). The molecule has 1 amide bonds. The normalized spacial score (nSPS) is 10.8. The molecule has 2 rings (SSSR count). The van der Waals surface area contributed by atoms with Crippen LogP contribution in [0.25, 0.3) is 11.0 Å². The average molecular weight is 247 g/mol. The molecule has 5 nitrogen and oxygen atoms in total. The zero-order valence-electron chi connectivity index (χ0n) is 10.4. The van der Waals surface area contributed by atoms with Gasteiger partial charge in [-0.1, -0.05) is 0 Å². The Labute approximate surface area is 105 Å². The van der Waals surface area contributed by atoms with Crippen molar-refractivity contribution < 1.29 is 9.90 Å². The number of aliphatic hydroxyl groups is 1. The number of hydrogen-bond acceptors (Lipinski definition) is 3. The number of nitrogens with zero attached hydrogens (tertiary/aromatic N) is 2. The predicted molar refractivity (Wildman–Crippen MR) is 69.0 cm³/mol. The highest BCUT2D eigenvalue weighted by atomic mass is 16.3. The summed E-state index contributed by atoms with van der Waals surface area (Å²) in [5.74, 6) is 0.0285. The van der Waals surface area contributed by atoms with Gasteiger partial charge in [-0.3, -0.25) is 4.79 Å². The van der Waals surface area contributed by atoms with Gasteiger partial charge >= 0.3 is 0 Å². The van der Waals surface area contributed by atoms with Crippen molar-refractivity contribution in [1.82, 2.24) is 14.9 Å². The van der Waals surface area contributed by atoms with Crippen LogP contribution >= 0.6 is 0 Å². The van der Waals surface area contributed by atoms with E-state index in [1.54, 1.807) is 6.20 Å². The van der Waals surface area contributed by atoms with Gasteiger partial charge in [0.05, 0.1) is 6.61 Å². The van der Waals surface area contributed by atoms with Crippen molar-refractivity contribution in [1.29, 1.82) is 0 Å². The highest BCUT2D eigenvalue weighted by Gasteiger charge is 2.09. The molecule has 0 unspecified atom stereocenters. The fraction of sp³-hybridized carbons (Fsp3) is 0.385. The molecule has 0 fully saturated rings. The fourth-order valence-electron chi connectivity index (χ4n) is 2.00. The monoisotopic (exact) mass is 247 g/mol. The second kappa shape index (κ2) is 5.64. The number of aryl methyl sites for hydroxylation is 1. The third-order valence-corrected chi connectivity index (χ3v) is 2.84. The van der Waals surface area contributed by atoms with Gasteiger partial charge in [0.1, 0.15) is 5.65 Å². The maximum absolute atomic E-state index is 11.4. The lowest BCUT2D eigenvalue weighted by Crippen LogP contribution is -2.23. The molecule has 0 saturated heterocycles. The first kappa shape index (κ1) is 12.6. The van der Waals surface area contributed by atoms with Crippen molar-refractivity contribution in [2.45, 2.75) is 26.5 Å². The van der Waals surface area contributed by atoms with E-state index in [-0.39, 0.29) is 12.5 Å². The van der Waals surface area contributed by atoms with Gasteiger partial charge < -0.3 is 15.0 Å². The fourth-order valence-corrected chi connectivity index (χ4v) is 2.00. The molecule has 2 heterocycles. The molecule has 0 aliphatic heterocycles. The summed E-state index contributed by atoms with van der Waals surface area (Å²) < 4.78 is 1.91. The third kappa shape index (κ3) is 2.51. The molecule has 2 aromatic rings. The first-order valence-corrected chi connectivity index (χ1v) is 6.06. The minimum atomic E-state index is -0.0175. The smallest absolute Gasteiger partial charge is 0.221 e. The SMILES string of the molecule is CCNC(=O)CCn1cc(CO)c2cccnc21. The van der Waals surface area contributed by atoms with E-state index in [9.17, 15) is 9.90 Å². The van der Waals surface area contributed by atoms with E-state index in [2.05, 4.69) is 10.3 Å². The Morgan fingerprint density at radius 2 is 2.39 bits per heavy atom. The number of hydrogen-bond donors (Lipinski definition) is 2. The van der Waals surface area contributed by atoms with E-state index in [1.807, 2.05) is 29.8 Å². The van der Waals surface area contributed by atoms with E-state index in [4.69, 9.17) is 0 Å². The molecular formula is C13H17N3O2. The molecular weight excluding hydrogens is 230 g/mol. The molecule has 18 heavy (non-hydrogen) atoms. The molecule has 0 radical (unpaired) electrons. The zero-order chi connectivity index (χ0) is 13.0. The number of amides is 1. The number of carbonyl (C=O) groups excluding carboxylic acids is 1. The summed E-state index contributed by atoms with van der Waals surface area (Å²) in [5.41, 5.74) is 1.65. The van der Waals surface area contributed by atoms with Crippen molar-refractivity contribution in [2.75, 3.05) is 6.54 Å². The van der Waals surface area contributed by atoms with Crippen molar-refractivity contribution in [3.05, 3.63) is 30.1 Å². The van der Waals surface area contributed by atoms with Crippen LogP contribution in [0, 0.1) is 0 Å². The lowest BCUT2D eigenvalue weighted by Gasteiger charge is -2.04. The summed E-state index contributed by atoms with van der Waals surface area (Å²) in [4.78, 5) is 15.7. The van der Waals surface area contributed by atoms with Crippen molar-refractivity contribution in [3.8, 4) is 0 Å². The minimum absolute atomic E-state index is 0.0175. The number of nitrogens with one attached hydrogen (secondary N) is 1. The maximum Gasteiger partial charge on any atom is 0.221 e. The van der Waals surface area contributed by atoms with Crippen LogP contribution in [-0.4, -0.2) is 27.1 Å². The Hall–Kier alpha value is -1.88. The van der Waals surface area contributed by atoms with Gasteiger partial charge in [-0.25, -0.2) is 4.98 Å². The summed E-state index contributed by atoms with van der Waals surface area (Å²) in [5, 5.41) is 13.0. The molecule has 0 spiro atoms. The number of fused-ring (bicyclic) bond motifs is 1. The largest absolute Gasteiger partial charge is 0.392 e. The Morgan fingerprint density at radius 3 is 3.11 bits per heavy atom. The maximum atomic E-state index is 11.4. The molecule has 0 saturated carbocycles. The quantitative estimate of drug-likeness (QED) is 0.830. The van der Waals surface area contributed by atoms with Crippen LogP contribution in [0.1, 0.15) is 18.9 Å². The zero-order valence-corrected chi connectivity index (χ0v) is 10.4. The summed E-state index contributed by atoms with van der Waals surface area (Å²) >= 11 is 0. The predicted octanol–water partition coefficient (Wildman–Crippen LogP) is 1.05. The topological polar surface area (TPSA) is 67.2 Å². The van der Waals surface area contributed by atoms with Crippen LogP contribution in [0.4, 0.5) is 0 Å². The lowest BCUT2D eigenvalue weighted by molar-refractivity contribution is -0.121. The lowest BCUT2D eigenvalue weighted by atomic mass is 10.2. The first-order chi connectivity index (χ1) is 8.76. The highest BCUT2D eigenvalue weighted by Crippen LogP contribution is 2.19. The van der Waals surface area contributed by atoms with Gasteiger partial charge in [0.25, 0.3) is 0 Å². The van der Waals surface area contributed by atoms with Crippen molar-refractivity contribution >= 4 is 16.9 Å². The molecule has 0 aromatic carbocycles. The van der Waals surface area contributed by atoms with E-state index in [0.717, 1.165) is 16.6 Å². The molecule has 0 aliphatic carbocycles. The summed E-state index contributed by atoms with van der Waals surface area (Å²) in [6.07, 6.45) is 3.99. The molecule has 0 atom stereocenters. The van der Waals surface area contributed by atoms with Crippen LogP contribution in [0.5, 0.6) is 0 Å². The highest BCUT2D eigenvalue weighted by molar-refractivity contribution is 5.80. The summed E-state index contributed by atoms with van der Waals surface area (Å²) in [6.45, 7) is 3.09. The van der Waals surface area contributed by atoms with Gasteiger partial charge in [0.15, 0.2) is 0 Å². The Morgan fingerprint density at radius 1 is 1.56 bits per heavy atom. The minimum Gasteiger partial charge on any atom is -0.392 e. The Kier molecular flexibility index (Phi) is 3.94. The van der Waals surface area contributed by atoms with Gasteiger partial charge in [-0.05, 0) is 19.1 Å². The van der Waals surface area contributed by atoms with Crippen LogP contribution < -0.4 is 5.32 Å². The van der Waals surface area contributed by atoms with E-state index in [1.165, 1.54) is 0 Å². The molecule has 96 valence electrons. The third-order valence-electron chi connectivity index (χ3n) is 2.84. The van der Waals surface area contributed by atoms with E-state index >= 15 is 0 Å². The Bertz CT molecular complexity index is 548. The number of carbonyl (C=O) groups is 1. The first-order valence-electron chi connectivity index (χ1n) is 6.06. The molecule has 5 heteroatoms. The summed E-state index contributed by atoms with van der Waals surface area (Å²) in [7, 11) is 0.